The van der Waals surface area contributed by atoms with Gasteiger partial charge in [0.15, 0.2) is 0 Å². The molecular weight excluding hydrogens is 298 g/mol. The number of hydrogen-bond acceptors (Lipinski definition) is 4. The predicted molar refractivity (Wildman–Crippen MR) is 91.4 cm³/mol. The van der Waals surface area contributed by atoms with Crippen LogP contribution in [0.15, 0.2) is 34.5 Å². The van der Waals surface area contributed by atoms with Crippen molar-refractivity contribution in [2.45, 2.75) is 44.4 Å². The van der Waals surface area contributed by atoms with E-state index in [0.717, 1.165) is 15.6 Å². The van der Waals surface area contributed by atoms with Crippen LogP contribution in [0, 0.1) is 6.92 Å². The van der Waals surface area contributed by atoms with Crippen LogP contribution in [-0.4, -0.2) is 16.5 Å². The van der Waals surface area contributed by atoms with Crippen molar-refractivity contribution in [1.82, 2.24) is 4.98 Å². The van der Waals surface area contributed by atoms with Gasteiger partial charge in [-0.15, -0.1) is 23.1 Å². The number of benzene rings is 1. The Bertz CT molecular complexity index is 608. The summed E-state index contributed by atoms with van der Waals surface area (Å²) >= 11 is 3.18. The molecule has 0 radical (unpaired) electrons. The normalized spacial score (nSPS) is 11.6. The fraction of sp³-hybridized carbons (Fsp3) is 0.412. The highest BCUT2D eigenvalue weighted by atomic mass is 32.2. The van der Waals surface area contributed by atoms with E-state index in [4.69, 9.17) is 0 Å². The molecule has 0 aliphatic carbocycles. The van der Waals surface area contributed by atoms with Crippen molar-refractivity contribution in [3.63, 3.8) is 0 Å². The third-order valence-electron chi connectivity index (χ3n) is 3.09. The summed E-state index contributed by atoms with van der Waals surface area (Å²) in [6, 6.07) is 8.27. The Balaban J connectivity index is 1.87. The van der Waals surface area contributed by atoms with Crippen molar-refractivity contribution in [2.24, 2.45) is 0 Å². The molecule has 0 fully saturated rings. The van der Waals surface area contributed by atoms with Gasteiger partial charge in [0.05, 0.1) is 17.9 Å². The molecule has 1 aromatic carbocycles. The zero-order valence-electron chi connectivity index (χ0n) is 13.0. The largest absolute Gasteiger partial charge is 0.298 e. The number of Topliss-reactive ketones (excluding diaryl/α,β-unsaturated/α-hetero) is 1. The highest BCUT2D eigenvalue weighted by Gasteiger charge is 2.18. The first-order valence-corrected chi connectivity index (χ1v) is 8.87. The quantitative estimate of drug-likeness (QED) is 0.751. The minimum Gasteiger partial charge on any atom is -0.298 e. The molecule has 0 aliphatic heterocycles. The van der Waals surface area contributed by atoms with Crippen LogP contribution < -0.4 is 0 Å². The van der Waals surface area contributed by atoms with E-state index >= 15 is 0 Å². The molecule has 112 valence electrons. The van der Waals surface area contributed by atoms with E-state index in [9.17, 15) is 4.79 Å². The van der Waals surface area contributed by atoms with Crippen molar-refractivity contribution in [2.75, 3.05) is 5.75 Å². The number of hydrogen-bond donors (Lipinski definition) is 0. The van der Waals surface area contributed by atoms with Crippen LogP contribution in [0.1, 0.15) is 37.0 Å². The molecule has 0 atom stereocenters. The molecule has 1 aromatic heterocycles. The number of nitrogens with zero attached hydrogens (tertiary/aromatic N) is 1. The Morgan fingerprint density at radius 2 is 1.90 bits per heavy atom. The minimum atomic E-state index is 0.0500. The van der Waals surface area contributed by atoms with Crippen LogP contribution in [0.5, 0.6) is 0 Å². The van der Waals surface area contributed by atoms with Gasteiger partial charge in [-0.1, -0.05) is 38.5 Å². The van der Waals surface area contributed by atoms with Gasteiger partial charge < -0.3 is 0 Å². The molecule has 0 amide bonds. The first-order valence-electron chi connectivity index (χ1n) is 7.00. The highest BCUT2D eigenvalue weighted by Crippen LogP contribution is 2.25. The van der Waals surface area contributed by atoms with Gasteiger partial charge in [-0.05, 0) is 19.1 Å². The lowest BCUT2D eigenvalue weighted by Crippen LogP contribution is -2.12. The summed E-state index contributed by atoms with van der Waals surface area (Å²) in [6.45, 7) is 8.48. The standard InChI is InChI=1S/C17H21NOS2/c1-12-5-7-14(8-6-12)20-10-13(19)9-16-18-15(11-21-16)17(2,3)4/h5-8,11H,9-10H2,1-4H3. The minimum absolute atomic E-state index is 0.0500. The summed E-state index contributed by atoms with van der Waals surface area (Å²) in [5, 5.41) is 2.99. The number of thioether (sulfide) groups is 1. The van der Waals surface area contributed by atoms with Crippen LogP contribution in [0.3, 0.4) is 0 Å². The van der Waals surface area contributed by atoms with E-state index < -0.39 is 0 Å². The third kappa shape index (κ3) is 4.97. The molecule has 0 N–H and O–H groups in total. The summed E-state index contributed by atoms with van der Waals surface area (Å²) < 4.78 is 0. The predicted octanol–water partition coefficient (Wildman–Crippen LogP) is 4.65. The number of rotatable bonds is 5. The first kappa shape index (κ1) is 16.2. The zero-order valence-corrected chi connectivity index (χ0v) is 14.6. The third-order valence-corrected chi connectivity index (χ3v) is 5.01. The maximum Gasteiger partial charge on any atom is 0.149 e. The smallest absolute Gasteiger partial charge is 0.149 e. The molecule has 4 heteroatoms. The van der Waals surface area contributed by atoms with Gasteiger partial charge in [-0.3, -0.25) is 4.79 Å². The summed E-state index contributed by atoms with van der Waals surface area (Å²) in [6.07, 6.45) is 0.444. The topological polar surface area (TPSA) is 30.0 Å². The van der Waals surface area contributed by atoms with E-state index in [1.54, 1.807) is 23.1 Å². The van der Waals surface area contributed by atoms with E-state index in [1.807, 2.05) is 0 Å². The van der Waals surface area contributed by atoms with E-state index in [-0.39, 0.29) is 11.2 Å². The summed E-state index contributed by atoms with van der Waals surface area (Å²) in [5.41, 5.74) is 2.36. The SMILES string of the molecule is Cc1ccc(SCC(=O)Cc2nc(C(C)(C)C)cs2)cc1. The Kier molecular flexibility index (Phi) is 5.22. The molecule has 0 saturated carbocycles. The van der Waals surface area contributed by atoms with Gasteiger partial charge in [0.1, 0.15) is 10.8 Å². The molecule has 21 heavy (non-hydrogen) atoms. The molecule has 0 saturated heterocycles. The number of carbonyl (C=O) groups is 1. The summed E-state index contributed by atoms with van der Waals surface area (Å²) in [5.74, 6) is 0.739. The number of ketones is 1. The van der Waals surface area contributed by atoms with Crippen LogP contribution in [-0.2, 0) is 16.6 Å². The molecule has 0 unspecified atom stereocenters. The Morgan fingerprint density at radius 1 is 1.24 bits per heavy atom. The van der Waals surface area contributed by atoms with Gasteiger partial charge in [0.25, 0.3) is 0 Å². The molecule has 2 nitrogen and oxygen atoms in total. The van der Waals surface area contributed by atoms with Gasteiger partial charge in [-0.2, -0.15) is 0 Å². The Labute approximate surface area is 135 Å². The van der Waals surface area contributed by atoms with Crippen LogP contribution >= 0.6 is 23.1 Å². The lowest BCUT2D eigenvalue weighted by molar-refractivity contribution is -0.116. The lowest BCUT2D eigenvalue weighted by Gasteiger charge is -2.14. The number of aromatic nitrogens is 1. The van der Waals surface area contributed by atoms with E-state index in [1.165, 1.54) is 5.56 Å². The van der Waals surface area contributed by atoms with Crippen molar-refractivity contribution < 1.29 is 4.79 Å². The summed E-state index contributed by atoms with van der Waals surface area (Å²) in [4.78, 5) is 17.8. The summed E-state index contributed by atoms with van der Waals surface area (Å²) in [7, 11) is 0. The molecule has 2 aromatic rings. The van der Waals surface area contributed by atoms with Gasteiger partial charge in [0.2, 0.25) is 0 Å². The number of aryl methyl sites for hydroxylation is 1. The van der Waals surface area contributed by atoms with Gasteiger partial charge in [0, 0.05) is 15.7 Å². The molecule has 2 rings (SSSR count). The Hall–Kier alpha value is -1.13. The molecule has 0 aliphatic rings. The van der Waals surface area contributed by atoms with Crippen molar-refractivity contribution in [3.05, 3.63) is 45.9 Å². The molecule has 1 heterocycles. The second kappa shape index (κ2) is 6.75. The number of thiazole rings is 1. The van der Waals surface area contributed by atoms with Crippen LogP contribution in [0.2, 0.25) is 0 Å². The van der Waals surface area contributed by atoms with Crippen molar-refractivity contribution in [1.29, 1.82) is 0 Å². The van der Waals surface area contributed by atoms with Crippen molar-refractivity contribution in [3.8, 4) is 0 Å². The monoisotopic (exact) mass is 319 g/mol. The van der Waals surface area contributed by atoms with Crippen LogP contribution in [0.4, 0.5) is 0 Å². The maximum absolute atomic E-state index is 12.1. The molecule has 0 spiro atoms. The number of carbonyl (C=O) groups excluding carboxylic acids is 1. The average molecular weight is 319 g/mol. The van der Waals surface area contributed by atoms with E-state index in [0.29, 0.717) is 12.2 Å². The van der Waals surface area contributed by atoms with Gasteiger partial charge >= 0.3 is 0 Å². The second-order valence-corrected chi connectivity index (χ2v) is 8.19. The van der Waals surface area contributed by atoms with E-state index in [2.05, 4.69) is 62.3 Å². The highest BCUT2D eigenvalue weighted by molar-refractivity contribution is 8.00. The fourth-order valence-corrected chi connectivity index (χ4v) is 3.56. The molecular formula is C17H21NOS2. The Morgan fingerprint density at radius 3 is 2.48 bits per heavy atom. The lowest BCUT2D eigenvalue weighted by atomic mass is 9.93. The average Bonchev–Trinajstić information content (AvgIpc) is 2.86. The van der Waals surface area contributed by atoms with Crippen molar-refractivity contribution >= 4 is 28.9 Å². The maximum atomic E-state index is 12.1. The van der Waals surface area contributed by atoms with Crippen LogP contribution in [0.25, 0.3) is 0 Å². The second-order valence-electron chi connectivity index (χ2n) is 6.19. The zero-order chi connectivity index (χ0) is 15.5. The first-order chi connectivity index (χ1) is 9.84. The van der Waals surface area contributed by atoms with Gasteiger partial charge in [-0.25, -0.2) is 4.98 Å². The molecule has 0 bridgehead atoms. The fourth-order valence-electron chi connectivity index (χ4n) is 1.75.